The Kier molecular flexibility index (Phi) is 3.12. The third-order valence-electron chi connectivity index (χ3n) is 2.42. The lowest BCUT2D eigenvalue weighted by Crippen LogP contribution is -2.26. The summed E-state index contributed by atoms with van der Waals surface area (Å²) in [6.45, 7) is 4.98. The van der Waals surface area contributed by atoms with Gasteiger partial charge in [-0.25, -0.2) is 4.39 Å². The molecular formula is C12H15FO2. The monoisotopic (exact) mass is 210 g/mol. The van der Waals surface area contributed by atoms with E-state index in [1.54, 1.807) is 32.9 Å². The molecule has 0 aliphatic rings. The van der Waals surface area contributed by atoms with Crippen LogP contribution in [0.1, 0.15) is 25.0 Å². The fraction of sp³-hybridized carbons (Fsp3) is 0.417. The number of hydrogen-bond acceptors (Lipinski definition) is 1. The van der Waals surface area contributed by atoms with E-state index in [0.717, 1.165) is 5.56 Å². The van der Waals surface area contributed by atoms with Gasteiger partial charge >= 0.3 is 5.97 Å². The number of aryl methyl sites for hydroxylation is 1. The van der Waals surface area contributed by atoms with Crippen LogP contribution in [-0.4, -0.2) is 11.1 Å². The number of benzene rings is 1. The van der Waals surface area contributed by atoms with E-state index < -0.39 is 11.4 Å². The molecule has 0 aliphatic carbocycles. The SMILES string of the molecule is Cc1ccc(CC(C)(C)C(=O)O)c(F)c1. The minimum atomic E-state index is -0.934. The number of halogens is 1. The van der Waals surface area contributed by atoms with Gasteiger partial charge in [-0.2, -0.15) is 0 Å². The van der Waals surface area contributed by atoms with Crippen LogP contribution < -0.4 is 0 Å². The lowest BCUT2D eigenvalue weighted by Gasteiger charge is -2.19. The molecule has 1 rings (SSSR count). The number of aliphatic carboxylic acids is 1. The summed E-state index contributed by atoms with van der Waals surface area (Å²) in [5, 5.41) is 8.93. The van der Waals surface area contributed by atoms with Crippen LogP contribution in [0.2, 0.25) is 0 Å². The van der Waals surface area contributed by atoms with Gasteiger partial charge in [0.25, 0.3) is 0 Å². The minimum Gasteiger partial charge on any atom is -0.481 e. The van der Waals surface area contributed by atoms with E-state index in [0.29, 0.717) is 5.56 Å². The van der Waals surface area contributed by atoms with Crippen molar-refractivity contribution in [3.8, 4) is 0 Å². The summed E-state index contributed by atoms with van der Waals surface area (Å²) in [6, 6.07) is 4.86. The van der Waals surface area contributed by atoms with Crippen LogP contribution in [0.3, 0.4) is 0 Å². The highest BCUT2D eigenvalue weighted by atomic mass is 19.1. The average Bonchev–Trinajstić information content (AvgIpc) is 2.09. The lowest BCUT2D eigenvalue weighted by molar-refractivity contribution is -0.146. The quantitative estimate of drug-likeness (QED) is 0.832. The fourth-order valence-electron chi connectivity index (χ4n) is 1.35. The van der Waals surface area contributed by atoms with Crippen molar-refractivity contribution in [2.75, 3.05) is 0 Å². The zero-order chi connectivity index (χ0) is 11.6. The lowest BCUT2D eigenvalue weighted by atomic mass is 9.85. The molecule has 3 heteroatoms. The Morgan fingerprint density at radius 2 is 2.07 bits per heavy atom. The highest BCUT2D eigenvalue weighted by molar-refractivity contribution is 5.74. The molecule has 0 unspecified atom stereocenters. The molecule has 1 N–H and O–H groups in total. The molecule has 0 atom stereocenters. The third-order valence-corrected chi connectivity index (χ3v) is 2.42. The second-order valence-electron chi connectivity index (χ2n) is 4.46. The van der Waals surface area contributed by atoms with E-state index >= 15 is 0 Å². The molecule has 0 fully saturated rings. The van der Waals surface area contributed by atoms with E-state index in [1.165, 1.54) is 6.07 Å². The molecular weight excluding hydrogens is 195 g/mol. The predicted octanol–water partition coefficient (Wildman–Crippen LogP) is 2.79. The maximum absolute atomic E-state index is 13.5. The van der Waals surface area contributed by atoms with Gasteiger partial charge in [-0.1, -0.05) is 12.1 Å². The molecule has 0 saturated heterocycles. The third kappa shape index (κ3) is 2.78. The molecule has 1 aromatic carbocycles. The van der Waals surface area contributed by atoms with Gasteiger partial charge in [0.2, 0.25) is 0 Å². The van der Waals surface area contributed by atoms with Gasteiger partial charge in [0.05, 0.1) is 5.41 Å². The molecule has 0 spiro atoms. The first kappa shape index (κ1) is 11.7. The van der Waals surface area contributed by atoms with Crippen LogP contribution in [0, 0.1) is 18.2 Å². The van der Waals surface area contributed by atoms with Crippen LogP contribution >= 0.6 is 0 Å². The van der Waals surface area contributed by atoms with Crippen molar-refractivity contribution in [3.63, 3.8) is 0 Å². The number of hydrogen-bond donors (Lipinski definition) is 1. The first-order chi connectivity index (χ1) is 6.83. The largest absolute Gasteiger partial charge is 0.481 e. The number of carbonyl (C=O) groups is 1. The number of carboxylic acid groups (broad SMARTS) is 1. The van der Waals surface area contributed by atoms with E-state index in [4.69, 9.17) is 5.11 Å². The first-order valence-electron chi connectivity index (χ1n) is 4.81. The molecule has 0 aromatic heterocycles. The Balaban J connectivity index is 2.95. The van der Waals surface area contributed by atoms with Crippen molar-refractivity contribution in [1.29, 1.82) is 0 Å². The molecule has 15 heavy (non-hydrogen) atoms. The van der Waals surface area contributed by atoms with Gasteiger partial charge in [0.15, 0.2) is 0 Å². The van der Waals surface area contributed by atoms with Gasteiger partial charge in [-0.3, -0.25) is 4.79 Å². The maximum Gasteiger partial charge on any atom is 0.309 e. The number of rotatable bonds is 3. The van der Waals surface area contributed by atoms with Crippen LogP contribution in [0.4, 0.5) is 4.39 Å². The molecule has 1 aromatic rings. The van der Waals surface area contributed by atoms with Gasteiger partial charge in [0, 0.05) is 0 Å². The highest BCUT2D eigenvalue weighted by Crippen LogP contribution is 2.24. The first-order valence-corrected chi connectivity index (χ1v) is 4.81. The average molecular weight is 210 g/mol. The molecule has 0 bridgehead atoms. The Labute approximate surface area is 88.7 Å². The van der Waals surface area contributed by atoms with Gasteiger partial charge in [-0.05, 0) is 44.4 Å². The second-order valence-corrected chi connectivity index (χ2v) is 4.46. The van der Waals surface area contributed by atoms with Crippen LogP contribution in [0.5, 0.6) is 0 Å². The summed E-state index contributed by atoms with van der Waals surface area (Å²) in [5.74, 6) is -1.24. The van der Waals surface area contributed by atoms with Crippen molar-refractivity contribution in [1.82, 2.24) is 0 Å². The second kappa shape index (κ2) is 4.01. The molecule has 0 amide bonds. The summed E-state index contributed by atoms with van der Waals surface area (Å²) >= 11 is 0. The molecule has 2 nitrogen and oxygen atoms in total. The summed E-state index contributed by atoms with van der Waals surface area (Å²) < 4.78 is 13.5. The van der Waals surface area contributed by atoms with E-state index in [2.05, 4.69) is 0 Å². The van der Waals surface area contributed by atoms with Crippen molar-refractivity contribution in [2.24, 2.45) is 5.41 Å². The number of carboxylic acids is 1. The molecule has 0 radical (unpaired) electrons. The zero-order valence-corrected chi connectivity index (χ0v) is 9.17. The van der Waals surface area contributed by atoms with Crippen LogP contribution in [0.15, 0.2) is 18.2 Å². The molecule has 0 aliphatic heterocycles. The molecule has 82 valence electrons. The van der Waals surface area contributed by atoms with Gasteiger partial charge in [-0.15, -0.1) is 0 Å². The van der Waals surface area contributed by atoms with Crippen molar-refractivity contribution < 1.29 is 14.3 Å². The van der Waals surface area contributed by atoms with Crippen molar-refractivity contribution >= 4 is 5.97 Å². The maximum atomic E-state index is 13.5. The summed E-state index contributed by atoms with van der Waals surface area (Å²) in [5.41, 5.74) is 0.355. The summed E-state index contributed by atoms with van der Waals surface area (Å²) in [7, 11) is 0. The van der Waals surface area contributed by atoms with Crippen molar-refractivity contribution in [3.05, 3.63) is 35.1 Å². The minimum absolute atomic E-state index is 0.203. The predicted molar refractivity (Wildman–Crippen MR) is 56.3 cm³/mol. The van der Waals surface area contributed by atoms with E-state index in [-0.39, 0.29) is 12.2 Å². The Morgan fingerprint density at radius 1 is 1.47 bits per heavy atom. The Hall–Kier alpha value is -1.38. The van der Waals surface area contributed by atoms with Gasteiger partial charge < -0.3 is 5.11 Å². The molecule has 0 heterocycles. The smallest absolute Gasteiger partial charge is 0.309 e. The molecule has 0 saturated carbocycles. The Bertz CT molecular complexity index is 383. The fourth-order valence-corrected chi connectivity index (χ4v) is 1.35. The summed E-state index contributed by atoms with van der Waals surface area (Å²) in [4.78, 5) is 10.9. The Morgan fingerprint density at radius 3 is 2.53 bits per heavy atom. The van der Waals surface area contributed by atoms with Crippen LogP contribution in [-0.2, 0) is 11.2 Å². The standard InChI is InChI=1S/C12H15FO2/c1-8-4-5-9(10(13)6-8)7-12(2,3)11(14)15/h4-6H,7H2,1-3H3,(H,14,15). The van der Waals surface area contributed by atoms with E-state index in [1.807, 2.05) is 0 Å². The van der Waals surface area contributed by atoms with E-state index in [9.17, 15) is 9.18 Å². The van der Waals surface area contributed by atoms with Crippen molar-refractivity contribution in [2.45, 2.75) is 27.2 Å². The zero-order valence-electron chi connectivity index (χ0n) is 9.17. The normalized spacial score (nSPS) is 11.5. The topological polar surface area (TPSA) is 37.3 Å². The highest BCUT2D eigenvalue weighted by Gasteiger charge is 2.28. The van der Waals surface area contributed by atoms with Crippen LogP contribution in [0.25, 0.3) is 0 Å². The summed E-state index contributed by atoms with van der Waals surface area (Å²) in [6.07, 6.45) is 0.203. The van der Waals surface area contributed by atoms with Gasteiger partial charge in [0.1, 0.15) is 5.82 Å².